The Morgan fingerprint density at radius 2 is 0.947 bits per heavy atom. The smallest absolute Gasteiger partial charge is 0.282 e. The minimum absolute atomic E-state index is 0. The Bertz CT molecular complexity index is 129. The number of hydrogen-bond acceptors (Lipinski definition) is 3. The normalized spacial score (nSPS) is 9.47. The van der Waals surface area contributed by atoms with Gasteiger partial charge in [-0.25, -0.2) is 0 Å². The molecule has 0 fully saturated rings. The summed E-state index contributed by atoms with van der Waals surface area (Å²) < 4.78 is 16.9. The van der Waals surface area contributed by atoms with E-state index in [-0.39, 0.29) is 105 Å². The Morgan fingerprint density at radius 1 is 0.684 bits per heavy atom. The van der Waals surface area contributed by atoms with Gasteiger partial charge in [0.2, 0.25) is 0 Å². The van der Waals surface area contributed by atoms with Crippen LogP contribution in [0.2, 0.25) is 0 Å². The quantitative estimate of drug-likeness (QED) is 0.371. The minimum atomic E-state index is -0.915. The van der Waals surface area contributed by atoms with Crippen LogP contribution in [0.5, 0.6) is 0 Å². The fourth-order valence-corrected chi connectivity index (χ4v) is 1.11. The van der Waals surface area contributed by atoms with Gasteiger partial charge in [0.25, 0.3) is 5.97 Å². The average Bonchev–Trinajstić information content (AvgIpc) is 2.29. The van der Waals surface area contributed by atoms with Gasteiger partial charge in [0.15, 0.2) is 0 Å². The van der Waals surface area contributed by atoms with Gasteiger partial charge >= 0.3 is 0 Å². The van der Waals surface area contributed by atoms with Gasteiger partial charge in [0.1, 0.15) is 0 Å². The third-order valence-corrected chi connectivity index (χ3v) is 1.88. The molecular formula is C12H25O3Zr4. The van der Waals surface area contributed by atoms with Gasteiger partial charge in [0.05, 0.1) is 19.8 Å². The van der Waals surface area contributed by atoms with Crippen LogP contribution in [0, 0.1) is 6.92 Å². The van der Waals surface area contributed by atoms with Crippen LogP contribution in [-0.2, 0) is 119 Å². The van der Waals surface area contributed by atoms with E-state index < -0.39 is 5.97 Å². The first-order valence-corrected chi connectivity index (χ1v) is 5.95. The summed E-state index contributed by atoms with van der Waals surface area (Å²) in [7, 11) is 0. The van der Waals surface area contributed by atoms with Crippen LogP contribution in [-0.4, -0.2) is 25.8 Å². The molecule has 0 aromatic rings. The van der Waals surface area contributed by atoms with E-state index in [9.17, 15) is 0 Å². The van der Waals surface area contributed by atoms with Crippen LogP contribution >= 0.6 is 0 Å². The third kappa shape index (κ3) is 17.6. The molecule has 0 saturated carbocycles. The van der Waals surface area contributed by atoms with Gasteiger partial charge in [-0.1, -0.05) is 20.8 Å². The molecule has 0 N–H and O–H groups in total. The first kappa shape index (κ1) is 33.9. The van der Waals surface area contributed by atoms with Crippen LogP contribution in [0.15, 0.2) is 0 Å². The Labute approximate surface area is 195 Å². The second kappa shape index (κ2) is 23.7. The second-order valence-corrected chi connectivity index (χ2v) is 3.48. The van der Waals surface area contributed by atoms with Crippen molar-refractivity contribution in [2.24, 2.45) is 0 Å². The van der Waals surface area contributed by atoms with Crippen molar-refractivity contribution in [2.75, 3.05) is 19.8 Å². The SMILES string of the molecule is [CH2]CC(OCCC)(OCCC)OCCC.[Zr].[Zr].[Zr].[Zr]. The fraction of sp³-hybridized carbons (Fsp3) is 0.917. The molecule has 0 unspecified atom stereocenters. The van der Waals surface area contributed by atoms with E-state index in [0.29, 0.717) is 26.2 Å². The molecule has 0 bridgehead atoms. The van der Waals surface area contributed by atoms with E-state index in [1.807, 2.05) is 0 Å². The van der Waals surface area contributed by atoms with Crippen LogP contribution < -0.4 is 0 Å². The summed E-state index contributed by atoms with van der Waals surface area (Å²) in [5.74, 6) is -0.915. The fourth-order valence-electron chi connectivity index (χ4n) is 1.11. The molecule has 0 aromatic heterocycles. The van der Waals surface area contributed by atoms with Crippen molar-refractivity contribution in [3.05, 3.63) is 6.92 Å². The molecule has 1 radical (unpaired) electrons. The van der Waals surface area contributed by atoms with E-state index in [2.05, 4.69) is 27.7 Å². The first-order chi connectivity index (χ1) is 7.24. The molecular weight excluding hydrogens is 557 g/mol. The molecule has 107 valence electrons. The van der Waals surface area contributed by atoms with Crippen molar-refractivity contribution in [1.29, 1.82) is 0 Å². The maximum absolute atomic E-state index is 5.63. The van der Waals surface area contributed by atoms with Crippen molar-refractivity contribution in [1.82, 2.24) is 0 Å². The topological polar surface area (TPSA) is 27.7 Å². The van der Waals surface area contributed by atoms with Gasteiger partial charge in [-0.05, 0) is 26.2 Å². The summed E-state index contributed by atoms with van der Waals surface area (Å²) in [4.78, 5) is 0. The Morgan fingerprint density at radius 3 is 1.11 bits per heavy atom. The summed E-state index contributed by atoms with van der Waals surface area (Å²) in [6.45, 7) is 12.0. The van der Waals surface area contributed by atoms with Crippen molar-refractivity contribution < 1.29 is 119 Å². The van der Waals surface area contributed by atoms with E-state index >= 15 is 0 Å². The molecule has 0 aromatic carbocycles. The van der Waals surface area contributed by atoms with Gasteiger partial charge in [-0.2, -0.15) is 0 Å². The summed E-state index contributed by atoms with van der Waals surface area (Å²) in [6.07, 6.45) is 3.33. The summed E-state index contributed by atoms with van der Waals surface area (Å²) in [5, 5.41) is 0. The molecule has 7 heteroatoms. The molecule has 0 atom stereocenters. The van der Waals surface area contributed by atoms with Gasteiger partial charge in [-0.15, -0.1) is 0 Å². The zero-order valence-electron chi connectivity index (χ0n) is 12.4. The standard InChI is InChI=1S/C12H25O3.4Zr/c1-5-9-13-12(8-4,14-10-6-2)15-11-7-3;;;;/h4-11H2,1-3H3;;;;. The van der Waals surface area contributed by atoms with E-state index in [0.717, 1.165) is 19.3 Å². The summed E-state index contributed by atoms with van der Waals surface area (Å²) in [6, 6.07) is 0. The zero-order chi connectivity index (χ0) is 11.6. The maximum atomic E-state index is 5.63. The van der Waals surface area contributed by atoms with Crippen molar-refractivity contribution in [3.63, 3.8) is 0 Å². The minimum Gasteiger partial charge on any atom is -0.327 e. The van der Waals surface area contributed by atoms with Crippen molar-refractivity contribution in [2.45, 2.75) is 52.4 Å². The molecule has 0 aliphatic rings. The van der Waals surface area contributed by atoms with E-state index in [4.69, 9.17) is 14.2 Å². The Hall–Kier alpha value is 3.41. The number of rotatable bonds is 10. The molecule has 19 heavy (non-hydrogen) atoms. The van der Waals surface area contributed by atoms with Crippen LogP contribution in [0.1, 0.15) is 46.5 Å². The largest absolute Gasteiger partial charge is 0.327 e. The zero-order valence-corrected chi connectivity index (χ0v) is 22.2. The average molecular weight is 582 g/mol. The first-order valence-electron chi connectivity index (χ1n) is 5.95. The van der Waals surface area contributed by atoms with Crippen LogP contribution in [0.25, 0.3) is 0 Å². The summed E-state index contributed by atoms with van der Waals surface area (Å²) in [5.41, 5.74) is 0. The molecule has 0 heterocycles. The second-order valence-electron chi connectivity index (χ2n) is 3.48. The number of ether oxygens (including phenoxy) is 3. The number of hydrogen-bond donors (Lipinski definition) is 0. The maximum Gasteiger partial charge on any atom is 0.282 e. The molecule has 0 saturated heterocycles. The summed E-state index contributed by atoms with van der Waals surface area (Å²) >= 11 is 0. The van der Waals surface area contributed by atoms with Gasteiger partial charge in [-0.3, -0.25) is 0 Å². The van der Waals surface area contributed by atoms with Gasteiger partial charge < -0.3 is 14.2 Å². The predicted molar refractivity (Wildman–Crippen MR) is 61.4 cm³/mol. The predicted octanol–water partition coefficient (Wildman–Crippen LogP) is 3.13. The molecule has 0 spiro atoms. The Kier molecular flexibility index (Phi) is 42.2. The van der Waals surface area contributed by atoms with Gasteiger partial charge in [0, 0.05) is 111 Å². The third-order valence-electron chi connectivity index (χ3n) is 1.88. The molecule has 0 aliphatic heterocycles. The Balaban J connectivity index is -0.000000163. The van der Waals surface area contributed by atoms with Crippen molar-refractivity contribution >= 4 is 0 Å². The van der Waals surface area contributed by atoms with Crippen molar-refractivity contribution in [3.8, 4) is 0 Å². The molecule has 0 amide bonds. The molecule has 0 aliphatic carbocycles. The van der Waals surface area contributed by atoms with Crippen LogP contribution in [0.4, 0.5) is 0 Å². The monoisotopic (exact) mass is 577 g/mol. The van der Waals surface area contributed by atoms with Crippen LogP contribution in [0.3, 0.4) is 0 Å². The molecule has 3 nitrogen and oxygen atoms in total. The molecule has 0 rings (SSSR count). The van der Waals surface area contributed by atoms with E-state index in [1.165, 1.54) is 0 Å². The van der Waals surface area contributed by atoms with E-state index in [1.54, 1.807) is 0 Å².